The second-order valence-electron chi connectivity index (χ2n) is 8.26. The fraction of sp³-hybridized carbons (Fsp3) is 0.455. The van der Waals surface area contributed by atoms with E-state index in [-0.39, 0.29) is 17.2 Å². The Balaban J connectivity index is 2.03. The number of hydrogen-bond acceptors (Lipinski definition) is 3. The maximum atomic E-state index is 10.3. The number of ether oxygens (including phenoxy) is 1. The molecule has 3 nitrogen and oxygen atoms in total. The van der Waals surface area contributed by atoms with Gasteiger partial charge in [-0.1, -0.05) is 81.4 Å². The molecule has 0 aromatic heterocycles. The van der Waals surface area contributed by atoms with Gasteiger partial charge in [-0.3, -0.25) is 0 Å². The number of aliphatic hydroxyl groups excluding tert-OH is 1. The summed E-state index contributed by atoms with van der Waals surface area (Å²) in [6, 6.07) is 21.1. The topological polar surface area (TPSA) is 38.7 Å². The first-order valence-corrected chi connectivity index (χ1v) is 11.3. The van der Waals surface area contributed by atoms with Crippen molar-refractivity contribution in [3.05, 3.63) is 60.7 Å². The van der Waals surface area contributed by atoms with Crippen LogP contribution in [-0.2, 0) is 9.16 Å². The van der Waals surface area contributed by atoms with Gasteiger partial charge >= 0.3 is 0 Å². The molecule has 0 radical (unpaired) electrons. The van der Waals surface area contributed by atoms with E-state index < -0.39 is 14.4 Å². The molecule has 0 amide bonds. The first-order chi connectivity index (χ1) is 12.3. The molecular weight excluding hydrogens is 340 g/mol. The lowest BCUT2D eigenvalue weighted by Gasteiger charge is -2.43. The summed E-state index contributed by atoms with van der Waals surface area (Å²) in [5, 5.41) is 12.7. The van der Waals surface area contributed by atoms with Crippen LogP contribution in [-0.4, -0.2) is 38.3 Å². The van der Waals surface area contributed by atoms with Gasteiger partial charge in [0.05, 0.1) is 18.8 Å². The van der Waals surface area contributed by atoms with E-state index >= 15 is 0 Å². The Morgan fingerprint density at radius 1 is 1.00 bits per heavy atom. The molecule has 1 heterocycles. The zero-order valence-electron chi connectivity index (χ0n) is 16.2. The molecule has 140 valence electrons. The molecule has 1 aliphatic rings. The van der Waals surface area contributed by atoms with E-state index in [0.717, 1.165) is 0 Å². The maximum Gasteiger partial charge on any atom is 0.261 e. The van der Waals surface area contributed by atoms with Crippen molar-refractivity contribution in [1.29, 1.82) is 0 Å². The first kappa shape index (κ1) is 19.3. The molecule has 0 bridgehead atoms. The van der Waals surface area contributed by atoms with Gasteiger partial charge in [0.25, 0.3) is 8.32 Å². The molecule has 0 saturated carbocycles. The fourth-order valence-corrected chi connectivity index (χ4v) is 8.63. The van der Waals surface area contributed by atoms with Crippen LogP contribution < -0.4 is 10.4 Å². The minimum absolute atomic E-state index is 0.0646. The van der Waals surface area contributed by atoms with Crippen LogP contribution in [0.2, 0.25) is 5.04 Å². The second kappa shape index (κ2) is 7.65. The van der Waals surface area contributed by atoms with Gasteiger partial charge in [-0.15, -0.1) is 0 Å². The Morgan fingerprint density at radius 2 is 1.50 bits per heavy atom. The van der Waals surface area contributed by atoms with Gasteiger partial charge in [0.1, 0.15) is 6.10 Å². The fourth-order valence-electron chi connectivity index (χ4n) is 4.06. The lowest BCUT2D eigenvalue weighted by molar-refractivity contribution is -0.0130. The molecule has 1 saturated heterocycles. The lowest BCUT2D eigenvalue weighted by Crippen LogP contribution is -2.67. The van der Waals surface area contributed by atoms with E-state index in [4.69, 9.17) is 9.16 Å². The van der Waals surface area contributed by atoms with Crippen molar-refractivity contribution in [3.63, 3.8) is 0 Å². The van der Waals surface area contributed by atoms with Gasteiger partial charge in [-0.05, 0) is 22.3 Å². The van der Waals surface area contributed by atoms with Gasteiger partial charge in [0.2, 0.25) is 0 Å². The molecule has 0 aliphatic carbocycles. The Kier molecular flexibility index (Phi) is 5.68. The predicted octanol–water partition coefficient (Wildman–Crippen LogP) is 3.10. The normalized spacial score (nSPS) is 24.0. The summed E-state index contributed by atoms with van der Waals surface area (Å²) in [5.74, 6) is 0. The molecular formula is C22H30O3Si. The molecule has 1 aliphatic heterocycles. The van der Waals surface area contributed by atoms with Crippen LogP contribution in [0.25, 0.3) is 0 Å². The smallest absolute Gasteiger partial charge is 0.261 e. The zero-order chi connectivity index (χ0) is 18.8. The van der Waals surface area contributed by atoms with Crippen LogP contribution >= 0.6 is 0 Å². The van der Waals surface area contributed by atoms with Crippen molar-refractivity contribution in [3.8, 4) is 0 Å². The van der Waals surface area contributed by atoms with E-state index in [9.17, 15) is 5.11 Å². The molecule has 3 rings (SSSR count). The lowest BCUT2D eigenvalue weighted by atomic mass is 10.1. The summed E-state index contributed by atoms with van der Waals surface area (Å²) in [4.78, 5) is 0. The molecule has 4 heteroatoms. The Hall–Kier alpha value is -1.46. The van der Waals surface area contributed by atoms with Crippen molar-refractivity contribution < 1.29 is 14.3 Å². The van der Waals surface area contributed by atoms with Crippen LogP contribution in [0, 0.1) is 0 Å². The highest BCUT2D eigenvalue weighted by atomic mass is 28.4. The van der Waals surface area contributed by atoms with E-state index in [0.29, 0.717) is 13.0 Å². The van der Waals surface area contributed by atoms with Crippen LogP contribution in [0.1, 0.15) is 34.1 Å². The molecule has 1 unspecified atom stereocenters. The summed E-state index contributed by atoms with van der Waals surface area (Å²) in [7, 11) is -2.56. The Labute approximate surface area is 158 Å². The van der Waals surface area contributed by atoms with Crippen LogP contribution in [0.3, 0.4) is 0 Å². The van der Waals surface area contributed by atoms with Gasteiger partial charge in [-0.2, -0.15) is 0 Å². The Morgan fingerprint density at radius 3 is 1.88 bits per heavy atom. The molecule has 2 aromatic rings. The number of hydrogen-bond donors (Lipinski definition) is 1. The monoisotopic (exact) mass is 370 g/mol. The van der Waals surface area contributed by atoms with Gasteiger partial charge < -0.3 is 14.3 Å². The van der Waals surface area contributed by atoms with Crippen molar-refractivity contribution in [1.82, 2.24) is 0 Å². The van der Waals surface area contributed by atoms with Crippen molar-refractivity contribution in [2.75, 3.05) is 6.61 Å². The highest BCUT2D eigenvalue weighted by Gasteiger charge is 2.51. The van der Waals surface area contributed by atoms with Crippen molar-refractivity contribution in [2.24, 2.45) is 0 Å². The largest absolute Gasteiger partial charge is 0.405 e. The minimum Gasteiger partial charge on any atom is -0.405 e. The zero-order valence-corrected chi connectivity index (χ0v) is 17.2. The second-order valence-corrected chi connectivity index (χ2v) is 12.6. The quantitative estimate of drug-likeness (QED) is 0.822. The molecule has 1 N–H and O–H groups in total. The molecule has 0 spiro atoms. The van der Waals surface area contributed by atoms with E-state index in [1.807, 2.05) is 19.1 Å². The number of rotatable bonds is 5. The highest BCUT2D eigenvalue weighted by molar-refractivity contribution is 6.99. The number of benzene rings is 2. The van der Waals surface area contributed by atoms with E-state index in [1.54, 1.807) is 0 Å². The average Bonchev–Trinajstić information content (AvgIpc) is 2.94. The third-order valence-electron chi connectivity index (χ3n) is 5.29. The number of aliphatic hydroxyl groups is 1. The van der Waals surface area contributed by atoms with Crippen LogP contribution in [0.4, 0.5) is 0 Å². The summed E-state index contributed by atoms with van der Waals surface area (Å²) in [6.07, 6.45) is 0.0435. The predicted molar refractivity (Wildman–Crippen MR) is 109 cm³/mol. The highest BCUT2D eigenvalue weighted by Crippen LogP contribution is 2.37. The first-order valence-electron chi connectivity index (χ1n) is 9.43. The maximum absolute atomic E-state index is 10.3. The van der Waals surface area contributed by atoms with Crippen LogP contribution in [0.15, 0.2) is 60.7 Å². The Bertz CT molecular complexity index is 657. The van der Waals surface area contributed by atoms with Gasteiger partial charge in [0, 0.05) is 6.42 Å². The third kappa shape index (κ3) is 3.65. The van der Waals surface area contributed by atoms with Crippen LogP contribution in [0.5, 0.6) is 0 Å². The van der Waals surface area contributed by atoms with E-state index in [1.165, 1.54) is 10.4 Å². The summed E-state index contributed by atoms with van der Waals surface area (Å²) in [5.41, 5.74) is 0. The standard InChI is InChI=1S/C22H30O3Si/c1-17-15-20(23)21(25-17)16-24-26(22(2,3)4,18-11-7-5-8-12-18)19-13-9-6-10-14-19/h5-14,17,20-21,23H,15-16H2,1-4H3/t17?,20-,21+/m0/s1. The van der Waals surface area contributed by atoms with Crippen molar-refractivity contribution >= 4 is 18.7 Å². The molecule has 1 fully saturated rings. The van der Waals surface area contributed by atoms with E-state index in [2.05, 4.69) is 69.3 Å². The van der Waals surface area contributed by atoms with Gasteiger partial charge in [-0.25, -0.2) is 0 Å². The van der Waals surface area contributed by atoms with Gasteiger partial charge in [0.15, 0.2) is 0 Å². The van der Waals surface area contributed by atoms with Crippen molar-refractivity contribution in [2.45, 2.75) is 57.5 Å². The minimum atomic E-state index is -2.56. The third-order valence-corrected chi connectivity index (χ3v) is 10.3. The molecule has 2 aromatic carbocycles. The summed E-state index contributed by atoms with van der Waals surface area (Å²) < 4.78 is 12.7. The average molecular weight is 371 g/mol. The summed E-state index contributed by atoms with van der Waals surface area (Å²) in [6.45, 7) is 9.19. The summed E-state index contributed by atoms with van der Waals surface area (Å²) >= 11 is 0. The SMILES string of the molecule is CC1C[C@H](O)[C@@H](CO[Si](c2ccccc2)(c2ccccc2)C(C)(C)C)O1. The molecule has 3 atom stereocenters. The molecule has 26 heavy (non-hydrogen) atoms.